The van der Waals surface area contributed by atoms with Crippen LogP contribution in [0.3, 0.4) is 0 Å². The second-order valence-corrected chi connectivity index (χ2v) is 6.36. The third-order valence-corrected chi connectivity index (χ3v) is 4.63. The number of nitrogens with zero attached hydrogens (tertiary/aromatic N) is 1. The average Bonchev–Trinajstić information content (AvgIpc) is 2.39. The Morgan fingerprint density at radius 3 is 2.79 bits per heavy atom. The van der Waals surface area contributed by atoms with E-state index in [-0.39, 0.29) is 5.41 Å². The number of benzene rings is 1. The van der Waals surface area contributed by atoms with Crippen molar-refractivity contribution in [3.63, 3.8) is 0 Å². The largest absolute Gasteiger partial charge is 0.381 e. The first-order chi connectivity index (χ1) is 8.98. The topological polar surface area (TPSA) is 45.0 Å². The van der Waals surface area contributed by atoms with Crippen LogP contribution in [-0.2, 0) is 4.74 Å². The summed E-state index contributed by atoms with van der Waals surface area (Å²) in [4.78, 5) is 0. The van der Waals surface area contributed by atoms with Gasteiger partial charge in [-0.3, -0.25) is 0 Å². The fourth-order valence-corrected chi connectivity index (χ4v) is 3.00. The van der Waals surface area contributed by atoms with Crippen molar-refractivity contribution in [2.45, 2.75) is 39.3 Å². The van der Waals surface area contributed by atoms with Crippen LogP contribution in [0.1, 0.15) is 32.8 Å². The second-order valence-electron chi connectivity index (χ2n) is 5.50. The summed E-state index contributed by atoms with van der Waals surface area (Å²) < 4.78 is 6.67. The molecule has 2 atom stereocenters. The fraction of sp³-hybridized carbons (Fsp3) is 0.533. The zero-order chi connectivity index (χ0) is 14.0. The van der Waals surface area contributed by atoms with Crippen LogP contribution in [0, 0.1) is 16.7 Å². The molecule has 3 nitrogen and oxygen atoms in total. The summed E-state index contributed by atoms with van der Waals surface area (Å²) >= 11 is 3.51. The van der Waals surface area contributed by atoms with Crippen LogP contribution in [-0.4, -0.2) is 18.8 Å². The molecule has 0 radical (unpaired) electrons. The standard InChI is InChI=1S/C15H19BrN2O/c1-4-19-14-8-13(15(14,2)3)18-12-6-5-10(9-17)7-11(12)16/h5-7,13-14,18H,4,8H2,1-3H3. The minimum atomic E-state index is 0.128. The van der Waals surface area contributed by atoms with Gasteiger partial charge in [0, 0.05) is 28.2 Å². The Morgan fingerprint density at radius 2 is 2.26 bits per heavy atom. The van der Waals surface area contributed by atoms with E-state index in [0.717, 1.165) is 23.2 Å². The lowest BCUT2D eigenvalue weighted by Gasteiger charge is -2.52. The van der Waals surface area contributed by atoms with Crippen LogP contribution >= 0.6 is 15.9 Å². The second kappa shape index (κ2) is 5.52. The van der Waals surface area contributed by atoms with Gasteiger partial charge in [0.05, 0.1) is 17.7 Å². The molecule has 1 aliphatic carbocycles. The predicted octanol–water partition coefficient (Wildman–Crippen LogP) is 3.94. The van der Waals surface area contributed by atoms with Crippen LogP contribution in [0.25, 0.3) is 0 Å². The number of nitriles is 1. The van der Waals surface area contributed by atoms with Crippen molar-refractivity contribution in [3.05, 3.63) is 28.2 Å². The molecule has 0 spiro atoms. The molecule has 1 aromatic carbocycles. The highest BCUT2D eigenvalue weighted by atomic mass is 79.9. The first-order valence-corrected chi connectivity index (χ1v) is 7.36. The lowest BCUT2D eigenvalue weighted by atomic mass is 9.64. The third-order valence-electron chi connectivity index (χ3n) is 3.97. The van der Waals surface area contributed by atoms with E-state index in [1.54, 1.807) is 0 Å². The first kappa shape index (κ1) is 14.4. The first-order valence-electron chi connectivity index (χ1n) is 6.56. The molecule has 0 aliphatic heterocycles. The van der Waals surface area contributed by atoms with E-state index < -0.39 is 0 Å². The summed E-state index contributed by atoms with van der Waals surface area (Å²) in [5.41, 5.74) is 1.83. The average molecular weight is 323 g/mol. The van der Waals surface area contributed by atoms with E-state index in [1.807, 2.05) is 25.1 Å². The molecule has 0 heterocycles. The van der Waals surface area contributed by atoms with E-state index in [4.69, 9.17) is 10.00 Å². The zero-order valence-electron chi connectivity index (χ0n) is 11.5. The summed E-state index contributed by atoms with van der Waals surface area (Å²) in [6.45, 7) is 7.26. The highest BCUT2D eigenvalue weighted by molar-refractivity contribution is 9.10. The Hall–Kier alpha value is -1.05. The Labute approximate surface area is 123 Å². The summed E-state index contributed by atoms with van der Waals surface area (Å²) in [7, 11) is 0. The summed E-state index contributed by atoms with van der Waals surface area (Å²) in [6.07, 6.45) is 1.35. The van der Waals surface area contributed by atoms with E-state index in [0.29, 0.717) is 17.7 Å². The van der Waals surface area contributed by atoms with Crippen LogP contribution in [0.5, 0.6) is 0 Å². The summed E-state index contributed by atoms with van der Waals surface area (Å²) in [6, 6.07) is 8.16. The lowest BCUT2D eigenvalue weighted by Crippen LogP contribution is -2.58. The molecular formula is C15H19BrN2O. The highest BCUT2D eigenvalue weighted by Gasteiger charge is 2.48. The number of halogens is 1. The minimum Gasteiger partial charge on any atom is -0.381 e. The number of nitrogens with one attached hydrogen (secondary N) is 1. The molecular weight excluding hydrogens is 304 g/mol. The number of hydrogen-bond acceptors (Lipinski definition) is 3. The van der Waals surface area contributed by atoms with Gasteiger partial charge in [0.2, 0.25) is 0 Å². The van der Waals surface area contributed by atoms with Gasteiger partial charge in [-0.1, -0.05) is 13.8 Å². The minimum absolute atomic E-state index is 0.128. The molecule has 2 rings (SSSR count). The van der Waals surface area contributed by atoms with Gasteiger partial charge in [0.15, 0.2) is 0 Å². The number of anilines is 1. The number of hydrogen-bond donors (Lipinski definition) is 1. The maximum atomic E-state index is 8.86. The van der Waals surface area contributed by atoms with Gasteiger partial charge in [-0.05, 0) is 47.5 Å². The van der Waals surface area contributed by atoms with Crippen molar-refractivity contribution in [1.29, 1.82) is 5.26 Å². The van der Waals surface area contributed by atoms with Gasteiger partial charge in [-0.15, -0.1) is 0 Å². The number of ether oxygens (including phenoxy) is 1. The molecule has 102 valence electrons. The van der Waals surface area contributed by atoms with Crippen molar-refractivity contribution in [1.82, 2.24) is 0 Å². The molecule has 1 N–H and O–H groups in total. The van der Waals surface area contributed by atoms with Crippen molar-refractivity contribution in [2.75, 3.05) is 11.9 Å². The fourth-order valence-electron chi connectivity index (χ4n) is 2.50. The Balaban J connectivity index is 2.06. The van der Waals surface area contributed by atoms with Gasteiger partial charge in [0.1, 0.15) is 0 Å². The molecule has 4 heteroatoms. The summed E-state index contributed by atoms with van der Waals surface area (Å²) in [5, 5.41) is 12.4. The van der Waals surface area contributed by atoms with E-state index in [9.17, 15) is 0 Å². The van der Waals surface area contributed by atoms with Gasteiger partial charge < -0.3 is 10.1 Å². The van der Waals surface area contributed by atoms with Crippen molar-refractivity contribution in [2.24, 2.45) is 5.41 Å². The zero-order valence-corrected chi connectivity index (χ0v) is 13.1. The Bertz CT molecular complexity index is 507. The molecule has 1 aliphatic rings. The molecule has 0 aromatic heterocycles. The lowest BCUT2D eigenvalue weighted by molar-refractivity contribution is -0.0976. The molecule has 0 bridgehead atoms. The van der Waals surface area contributed by atoms with Crippen LogP contribution in [0.15, 0.2) is 22.7 Å². The van der Waals surface area contributed by atoms with Crippen molar-refractivity contribution in [3.8, 4) is 6.07 Å². The molecule has 2 unspecified atom stereocenters. The normalized spacial score (nSPS) is 24.4. The molecule has 1 saturated carbocycles. The SMILES string of the molecule is CCOC1CC(Nc2ccc(C#N)cc2Br)C1(C)C. The van der Waals surface area contributed by atoms with Gasteiger partial charge in [0.25, 0.3) is 0 Å². The number of rotatable bonds is 4. The van der Waals surface area contributed by atoms with E-state index in [2.05, 4.69) is 41.2 Å². The molecule has 0 saturated heterocycles. The Morgan fingerprint density at radius 1 is 1.53 bits per heavy atom. The van der Waals surface area contributed by atoms with Crippen molar-refractivity contribution < 1.29 is 4.74 Å². The van der Waals surface area contributed by atoms with Gasteiger partial charge >= 0.3 is 0 Å². The van der Waals surface area contributed by atoms with Crippen LogP contribution in [0.2, 0.25) is 0 Å². The molecule has 1 aromatic rings. The Kier molecular flexibility index (Phi) is 4.17. The van der Waals surface area contributed by atoms with Crippen LogP contribution < -0.4 is 5.32 Å². The maximum Gasteiger partial charge on any atom is 0.0992 e. The van der Waals surface area contributed by atoms with Gasteiger partial charge in [-0.2, -0.15) is 5.26 Å². The van der Waals surface area contributed by atoms with Crippen LogP contribution in [0.4, 0.5) is 5.69 Å². The highest BCUT2D eigenvalue weighted by Crippen LogP contribution is 2.45. The monoisotopic (exact) mass is 322 g/mol. The molecule has 1 fully saturated rings. The predicted molar refractivity (Wildman–Crippen MR) is 80.1 cm³/mol. The third kappa shape index (κ3) is 2.77. The van der Waals surface area contributed by atoms with E-state index in [1.165, 1.54) is 0 Å². The quantitative estimate of drug-likeness (QED) is 0.913. The molecule has 19 heavy (non-hydrogen) atoms. The maximum absolute atomic E-state index is 8.86. The smallest absolute Gasteiger partial charge is 0.0992 e. The summed E-state index contributed by atoms with van der Waals surface area (Å²) in [5.74, 6) is 0. The molecule has 0 amide bonds. The van der Waals surface area contributed by atoms with Gasteiger partial charge in [-0.25, -0.2) is 0 Å². The van der Waals surface area contributed by atoms with Crippen molar-refractivity contribution >= 4 is 21.6 Å². The van der Waals surface area contributed by atoms with E-state index >= 15 is 0 Å².